The molecule has 0 saturated carbocycles. The summed E-state index contributed by atoms with van der Waals surface area (Å²) in [4.78, 5) is 4.70. The summed E-state index contributed by atoms with van der Waals surface area (Å²) in [7, 11) is 3.83. The smallest absolute Gasteiger partial charge is 0.164 e. The predicted octanol–water partition coefficient (Wildman–Crippen LogP) is 3.53. The van der Waals surface area contributed by atoms with Crippen molar-refractivity contribution in [2.75, 3.05) is 33.8 Å². The van der Waals surface area contributed by atoms with Crippen molar-refractivity contribution in [3.05, 3.63) is 65.7 Å². The molecule has 7 heteroatoms. The Morgan fingerprint density at radius 1 is 1.03 bits per heavy atom. The standard InChI is InChI=1S/C24H28FN5O/c1-28-16-22-26-27-23(18-7-9-20(31-2)10-8-18)30(22)24(17-28)11-13-29(14-12-24)15-19-5-3-4-6-21(19)25/h3-10H,11-17H2,1-2H3. The van der Waals surface area contributed by atoms with Crippen LogP contribution in [0.5, 0.6) is 5.75 Å². The first kappa shape index (κ1) is 20.2. The van der Waals surface area contributed by atoms with Gasteiger partial charge in [-0.15, -0.1) is 10.2 Å². The van der Waals surface area contributed by atoms with E-state index in [0.29, 0.717) is 6.54 Å². The molecular formula is C24H28FN5O. The van der Waals surface area contributed by atoms with Crippen molar-refractivity contribution in [1.29, 1.82) is 0 Å². The first-order valence-corrected chi connectivity index (χ1v) is 10.8. The third kappa shape index (κ3) is 3.72. The summed E-state index contributed by atoms with van der Waals surface area (Å²) >= 11 is 0. The Kier molecular flexibility index (Phi) is 5.24. The Balaban J connectivity index is 1.42. The molecule has 1 fully saturated rings. The number of nitrogens with zero attached hydrogens (tertiary/aromatic N) is 5. The molecule has 0 radical (unpaired) electrons. The van der Waals surface area contributed by atoms with Gasteiger partial charge < -0.3 is 9.30 Å². The first-order chi connectivity index (χ1) is 15.1. The lowest BCUT2D eigenvalue weighted by molar-refractivity contribution is 0.0487. The lowest BCUT2D eigenvalue weighted by Gasteiger charge is -2.48. The summed E-state index contributed by atoms with van der Waals surface area (Å²) in [6, 6.07) is 15.1. The Hall–Kier alpha value is -2.77. The fourth-order valence-electron chi connectivity index (χ4n) is 5.09. The van der Waals surface area contributed by atoms with Crippen molar-refractivity contribution in [2.45, 2.75) is 31.5 Å². The van der Waals surface area contributed by atoms with Gasteiger partial charge in [-0.2, -0.15) is 0 Å². The summed E-state index contributed by atoms with van der Waals surface area (Å²) in [5.41, 5.74) is 1.77. The molecule has 0 atom stereocenters. The van der Waals surface area contributed by atoms with E-state index in [-0.39, 0.29) is 11.4 Å². The fourth-order valence-corrected chi connectivity index (χ4v) is 5.09. The molecule has 0 unspecified atom stereocenters. The van der Waals surface area contributed by atoms with Gasteiger partial charge in [0.25, 0.3) is 0 Å². The molecule has 5 rings (SSSR count). The number of hydrogen-bond donors (Lipinski definition) is 0. The van der Waals surface area contributed by atoms with Gasteiger partial charge in [0, 0.05) is 37.3 Å². The van der Waals surface area contributed by atoms with Crippen LogP contribution in [0.3, 0.4) is 0 Å². The Bertz CT molecular complexity index is 1060. The average molecular weight is 422 g/mol. The second-order valence-corrected chi connectivity index (χ2v) is 8.77. The summed E-state index contributed by atoms with van der Waals surface area (Å²) in [6.07, 6.45) is 1.97. The number of fused-ring (bicyclic) bond motifs is 2. The highest BCUT2D eigenvalue weighted by Gasteiger charge is 2.43. The molecule has 1 aromatic heterocycles. The molecule has 0 bridgehead atoms. The van der Waals surface area contributed by atoms with Crippen LogP contribution in [0.2, 0.25) is 0 Å². The monoisotopic (exact) mass is 421 g/mol. The van der Waals surface area contributed by atoms with Crippen molar-refractivity contribution in [1.82, 2.24) is 24.6 Å². The zero-order valence-electron chi connectivity index (χ0n) is 18.1. The number of piperidine rings is 1. The fraction of sp³-hybridized carbons (Fsp3) is 0.417. The molecule has 162 valence electrons. The Morgan fingerprint density at radius 2 is 1.77 bits per heavy atom. The predicted molar refractivity (Wildman–Crippen MR) is 117 cm³/mol. The second kappa shape index (κ2) is 8.05. The highest BCUT2D eigenvalue weighted by molar-refractivity contribution is 5.57. The van der Waals surface area contributed by atoms with Crippen LogP contribution >= 0.6 is 0 Å². The van der Waals surface area contributed by atoms with Crippen LogP contribution in [0.4, 0.5) is 4.39 Å². The van der Waals surface area contributed by atoms with Crippen LogP contribution in [0.25, 0.3) is 11.4 Å². The maximum atomic E-state index is 14.1. The maximum Gasteiger partial charge on any atom is 0.164 e. The molecule has 2 aliphatic heterocycles. The third-order valence-corrected chi connectivity index (χ3v) is 6.67. The average Bonchev–Trinajstić information content (AvgIpc) is 3.21. The number of benzene rings is 2. The van der Waals surface area contributed by atoms with Gasteiger partial charge in [0.05, 0.1) is 19.2 Å². The van der Waals surface area contributed by atoms with Crippen LogP contribution in [0.1, 0.15) is 24.2 Å². The van der Waals surface area contributed by atoms with Crippen LogP contribution in [-0.2, 0) is 18.6 Å². The summed E-state index contributed by atoms with van der Waals surface area (Å²) in [5, 5.41) is 9.14. The minimum absolute atomic E-state index is 0.0488. The van der Waals surface area contributed by atoms with Crippen LogP contribution in [0.15, 0.2) is 48.5 Å². The molecular weight excluding hydrogens is 393 g/mol. The van der Waals surface area contributed by atoms with Crippen molar-refractivity contribution in [3.8, 4) is 17.1 Å². The normalized spacial score (nSPS) is 18.8. The first-order valence-electron chi connectivity index (χ1n) is 10.8. The number of likely N-dealkylation sites (N-methyl/N-ethyl adjacent to an activating group) is 1. The van der Waals surface area contributed by atoms with E-state index < -0.39 is 0 Å². The zero-order chi connectivity index (χ0) is 21.4. The van der Waals surface area contributed by atoms with E-state index in [0.717, 1.165) is 67.5 Å². The maximum absolute atomic E-state index is 14.1. The molecule has 1 spiro atoms. The molecule has 3 heterocycles. The largest absolute Gasteiger partial charge is 0.497 e. The quantitative estimate of drug-likeness (QED) is 0.645. The van der Waals surface area contributed by atoms with Gasteiger partial charge in [-0.05, 0) is 50.2 Å². The molecule has 0 N–H and O–H groups in total. The number of ether oxygens (including phenoxy) is 1. The molecule has 2 aromatic carbocycles. The minimum Gasteiger partial charge on any atom is -0.497 e. The number of likely N-dealkylation sites (tertiary alicyclic amines) is 1. The molecule has 1 saturated heterocycles. The zero-order valence-corrected chi connectivity index (χ0v) is 18.1. The van der Waals surface area contributed by atoms with Crippen molar-refractivity contribution < 1.29 is 9.13 Å². The van der Waals surface area contributed by atoms with E-state index in [1.165, 1.54) is 0 Å². The van der Waals surface area contributed by atoms with Crippen LogP contribution in [0, 0.1) is 5.82 Å². The SMILES string of the molecule is COc1ccc(-c2nnc3n2C2(CCN(Cc4ccccc4F)CC2)CN(C)C3)cc1. The van der Waals surface area contributed by atoms with E-state index in [9.17, 15) is 4.39 Å². The van der Waals surface area contributed by atoms with Gasteiger partial charge >= 0.3 is 0 Å². The van der Waals surface area contributed by atoms with Gasteiger partial charge in [0.1, 0.15) is 17.4 Å². The molecule has 2 aliphatic rings. The van der Waals surface area contributed by atoms with E-state index >= 15 is 0 Å². The highest BCUT2D eigenvalue weighted by atomic mass is 19.1. The molecule has 3 aromatic rings. The van der Waals surface area contributed by atoms with E-state index in [1.807, 2.05) is 24.3 Å². The van der Waals surface area contributed by atoms with Crippen molar-refractivity contribution in [3.63, 3.8) is 0 Å². The third-order valence-electron chi connectivity index (χ3n) is 6.67. The number of rotatable bonds is 4. The topological polar surface area (TPSA) is 46.4 Å². The highest BCUT2D eigenvalue weighted by Crippen LogP contribution is 2.39. The van der Waals surface area contributed by atoms with Crippen LogP contribution in [-0.4, -0.2) is 58.4 Å². The van der Waals surface area contributed by atoms with Gasteiger partial charge in [0.2, 0.25) is 0 Å². The van der Waals surface area contributed by atoms with Gasteiger partial charge in [0.15, 0.2) is 5.82 Å². The molecule has 31 heavy (non-hydrogen) atoms. The lowest BCUT2D eigenvalue weighted by atomic mass is 9.84. The number of halogens is 1. The molecule has 0 amide bonds. The van der Waals surface area contributed by atoms with E-state index in [1.54, 1.807) is 19.2 Å². The van der Waals surface area contributed by atoms with Gasteiger partial charge in [-0.1, -0.05) is 18.2 Å². The molecule has 0 aliphatic carbocycles. The van der Waals surface area contributed by atoms with Crippen LogP contribution < -0.4 is 4.74 Å². The van der Waals surface area contributed by atoms with Crippen molar-refractivity contribution in [2.24, 2.45) is 0 Å². The van der Waals surface area contributed by atoms with E-state index in [4.69, 9.17) is 4.74 Å². The van der Waals surface area contributed by atoms with Gasteiger partial charge in [-0.3, -0.25) is 9.80 Å². The van der Waals surface area contributed by atoms with Crippen molar-refractivity contribution >= 4 is 0 Å². The Labute approximate surface area is 182 Å². The number of methoxy groups -OCH3 is 1. The Morgan fingerprint density at radius 3 is 2.48 bits per heavy atom. The second-order valence-electron chi connectivity index (χ2n) is 8.77. The minimum atomic E-state index is -0.122. The summed E-state index contributed by atoms with van der Waals surface area (Å²) in [6.45, 7) is 4.25. The summed E-state index contributed by atoms with van der Waals surface area (Å²) < 4.78 is 21.8. The van der Waals surface area contributed by atoms with Gasteiger partial charge in [-0.25, -0.2) is 4.39 Å². The summed E-state index contributed by atoms with van der Waals surface area (Å²) in [5.74, 6) is 2.65. The lowest BCUT2D eigenvalue weighted by Crippen LogP contribution is -2.55. The van der Waals surface area contributed by atoms with E-state index in [2.05, 4.69) is 43.7 Å². The number of hydrogen-bond acceptors (Lipinski definition) is 5. The molecule has 6 nitrogen and oxygen atoms in total. The number of aromatic nitrogens is 3.